The van der Waals surface area contributed by atoms with Gasteiger partial charge in [-0.15, -0.1) is 22.7 Å². The van der Waals surface area contributed by atoms with Gasteiger partial charge in [0.2, 0.25) is 0 Å². The standard InChI is InChI=1S/C14H9BrS2/c15-14-8-7-11(17-14)6-5-10-9-16-13-4-2-1-3-12(10)13/h1-9H/b6-5+. The van der Waals surface area contributed by atoms with Crippen molar-refractivity contribution in [1.29, 1.82) is 0 Å². The maximum atomic E-state index is 3.48. The number of hydrogen-bond donors (Lipinski definition) is 0. The van der Waals surface area contributed by atoms with E-state index in [2.05, 4.69) is 69.9 Å². The van der Waals surface area contributed by atoms with Crippen molar-refractivity contribution in [3.05, 3.63) is 56.0 Å². The van der Waals surface area contributed by atoms with Crippen molar-refractivity contribution >= 4 is 60.8 Å². The second-order valence-corrected chi connectivity index (χ2v) is 7.07. The first kappa shape index (κ1) is 11.2. The fourth-order valence-corrected chi connectivity index (χ4v) is 3.97. The number of rotatable bonds is 2. The maximum absolute atomic E-state index is 3.48. The van der Waals surface area contributed by atoms with E-state index in [-0.39, 0.29) is 0 Å². The Labute approximate surface area is 116 Å². The summed E-state index contributed by atoms with van der Waals surface area (Å²) in [5.41, 5.74) is 1.30. The van der Waals surface area contributed by atoms with Crippen LogP contribution in [0.4, 0.5) is 0 Å². The van der Waals surface area contributed by atoms with Crippen LogP contribution < -0.4 is 0 Å². The fraction of sp³-hybridized carbons (Fsp3) is 0. The first-order chi connectivity index (χ1) is 8.33. The number of benzene rings is 1. The Hall–Kier alpha value is -0.900. The molecule has 0 radical (unpaired) electrons. The van der Waals surface area contributed by atoms with E-state index in [9.17, 15) is 0 Å². The van der Waals surface area contributed by atoms with Gasteiger partial charge in [-0.25, -0.2) is 0 Å². The van der Waals surface area contributed by atoms with Crippen LogP contribution in [0.25, 0.3) is 22.2 Å². The topological polar surface area (TPSA) is 0 Å². The van der Waals surface area contributed by atoms with Gasteiger partial charge >= 0.3 is 0 Å². The SMILES string of the molecule is Brc1ccc(/C=C/c2csc3ccccc23)s1. The molecule has 0 saturated heterocycles. The van der Waals surface area contributed by atoms with Gasteiger partial charge in [0, 0.05) is 9.58 Å². The molecule has 1 aromatic carbocycles. The summed E-state index contributed by atoms with van der Waals surface area (Å²) in [5, 5.41) is 3.55. The maximum Gasteiger partial charge on any atom is 0.0704 e. The highest BCUT2D eigenvalue weighted by atomic mass is 79.9. The van der Waals surface area contributed by atoms with Gasteiger partial charge in [0.1, 0.15) is 0 Å². The van der Waals surface area contributed by atoms with E-state index in [1.54, 1.807) is 22.7 Å². The van der Waals surface area contributed by atoms with Gasteiger partial charge in [-0.2, -0.15) is 0 Å². The summed E-state index contributed by atoms with van der Waals surface area (Å²) in [6.45, 7) is 0. The van der Waals surface area contributed by atoms with Crippen LogP contribution in [0.5, 0.6) is 0 Å². The third-order valence-electron chi connectivity index (χ3n) is 2.53. The number of halogens is 1. The predicted octanol–water partition coefficient (Wildman–Crippen LogP) is 5.90. The van der Waals surface area contributed by atoms with Gasteiger partial charge in [0.25, 0.3) is 0 Å². The first-order valence-corrected chi connectivity index (χ1v) is 7.71. The molecule has 3 rings (SSSR count). The van der Waals surface area contributed by atoms with Gasteiger partial charge in [0.15, 0.2) is 0 Å². The Morgan fingerprint density at radius 1 is 1.00 bits per heavy atom. The van der Waals surface area contributed by atoms with Crippen LogP contribution in [-0.2, 0) is 0 Å². The first-order valence-electron chi connectivity index (χ1n) is 5.22. The lowest BCUT2D eigenvalue weighted by Crippen LogP contribution is -1.66. The lowest BCUT2D eigenvalue weighted by molar-refractivity contribution is 1.83. The van der Waals surface area contributed by atoms with Crippen molar-refractivity contribution in [2.45, 2.75) is 0 Å². The van der Waals surface area contributed by atoms with E-state index in [0.717, 1.165) is 0 Å². The minimum atomic E-state index is 1.17. The van der Waals surface area contributed by atoms with E-state index in [0.29, 0.717) is 0 Å². The molecule has 2 heterocycles. The minimum Gasteiger partial charge on any atom is -0.143 e. The Kier molecular flexibility index (Phi) is 3.14. The molecule has 0 saturated carbocycles. The smallest absolute Gasteiger partial charge is 0.0704 e. The van der Waals surface area contributed by atoms with Gasteiger partial charge < -0.3 is 0 Å². The quantitative estimate of drug-likeness (QED) is 0.551. The van der Waals surface area contributed by atoms with E-state index < -0.39 is 0 Å². The molecule has 3 aromatic rings. The molecule has 84 valence electrons. The van der Waals surface area contributed by atoms with Crippen LogP contribution >= 0.6 is 38.6 Å². The van der Waals surface area contributed by atoms with Crippen molar-refractivity contribution in [3.63, 3.8) is 0 Å². The lowest BCUT2D eigenvalue weighted by Gasteiger charge is -1.90. The van der Waals surface area contributed by atoms with Gasteiger partial charge in [-0.05, 0) is 56.5 Å². The molecule has 0 nitrogen and oxygen atoms in total. The molecule has 3 heteroatoms. The number of thiophene rings is 2. The summed E-state index contributed by atoms with van der Waals surface area (Å²) in [5.74, 6) is 0. The molecule has 17 heavy (non-hydrogen) atoms. The highest BCUT2D eigenvalue weighted by molar-refractivity contribution is 9.11. The monoisotopic (exact) mass is 320 g/mol. The molecule has 0 bridgehead atoms. The van der Waals surface area contributed by atoms with Gasteiger partial charge in [0.05, 0.1) is 3.79 Å². The third kappa shape index (κ3) is 2.37. The summed E-state index contributed by atoms with van der Waals surface area (Å²) in [7, 11) is 0. The summed E-state index contributed by atoms with van der Waals surface area (Å²) < 4.78 is 2.52. The van der Waals surface area contributed by atoms with Crippen molar-refractivity contribution < 1.29 is 0 Å². The molecular weight excluding hydrogens is 312 g/mol. The van der Waals surface area contributed by atoms with Crippen LogP contribution in [0.1, 0.15) is 10.4 Å². The lowest BCUT2D eigenvalue weighted by atomic mass is 10.1. The normalized spacial score (nSPS) is 11.6. The molecule has 0 atom stereocenters. The van der Waals surface area contributed by atoms with E-state index in [4.69, 9.17) is 0 Å². The van der Waals surface area contributed by atoms with Crippen molar-refractivity contribution in [2.75, 3.05) is 0 Å². The Balaban J connectivity index is 1.97. The Bertz CT molecular complexity index is 676. The second kappa shape index (κ2) is 4.77. The summed E-state index contributed by atoms with van der Waals surface area (Å²) in [6.07, 6.45) is 4.36. The number of fused-ring (bicyclic) bond motifs is 1. The van der Waals surface area contributed by atoms with Crippen LogP contribution in [0.2, 0.25) is 0 Å². The van der Waals surface area contributed by atoms with Crippen LogP contribution in [0, 0.1) is 0 Å². The highest BCUT2D eigenvalue weighted by Gasteiger charge is 1.99. The summed E-state index contributed by atoms with van der Waals surface area (Å²) in [4.78, 5) is 1.27. The molecule has 0 aliphatic carbocycles. The molecule has 0 N–H and O–H groups in total. The zero-order chi connectivity index (χ0) is 11.7. The third-order valence-corrected chi connectivity index (χ3v) is 5.10. The summed E-state index contributed by atoms with van der Waals surface area (Å²) >= 11 is 7.02. The molecule has 0 unspecified atom stereocenters. The molecule has 0 aliphatic heterocycles. The van der Waals surface area contributed by atoms with Crippen molar-refractivity contribution in [3.8, 4) is 0 Å². The van der Waals surface area contributed by atoms with Crippen LogP contribution in [0.15, 0.2) is 45.6 Å². The van der Waals surface area contributed by atoms with E-state index in [1.165, 1.54) is 24.3 Å². The van der Waals surface area contributed by atoms with Crippen molar-refractivity contribution in [2.24, 2.45) is 0 Å². The molecule has 2 aromatic heterocycles. The van der Waals surface area contributed by atoms with Gasteiger partial charge in [-0.1, -0.05) is 24.3 Å². The molecule has 0 aliphatic rings. The largest absolute Gasteiger partial charge is 0.143 e. The van der Waals surface area contributed by atoms with Gasteiger partial charge in [-0.3, -0.25) is 0 Å². The Morgan fingerprint density at radius 3 is 2.71 bits per heavy atom. The Morgan fingerprint density at radius 2 is 1.88 bits per heavy atom. The fourth-order valence-electron chi connectivity index (χ4n) is 1.72. The minimum absolute atomic E-state index is 1.17. The van der Waals surface area contributed by atoms with Crippen LogP contribution in [-0.4, -0.2) is 0 Å². The summed E-state index contributed by atoms with van der Waals surface area (Å²) in [6, 6.07) is 12.7. The number of hydrogen-bond acceptors (Lipinski definition) is 2. The zero-order valence-corrected chi connectivity index (χ0v) is 12.1. The molecule has 0 fully saturated rings. The van der Waals surface area contributed by atoms with E-state index >= 15 is 0 Å². The molecule has 0 amide bonds. The van der Waals surface area contributed by atoms with E-state index in [1.807, 2.05) is 0 Å². The highest BCUT2D eigenvalue weighted by Crippen LogP contribution is 2.28. The second-order valence-electron chi connectivity index (χ2n) is 3.66. The predicted molar refractivity (Wildman–Crippen MR) is 82.8 cm³/mol. The molecule has 0 spiro atoms. The average molecular weight is 321 g/mol. The zero-order valence-electron chi connectivity index (χ0n) is 8.89. The molecular formula is C14H9BrS2. The van der Waals surface area contributed by atoms with Crippen LogP contribution in [0.3, 0.4) is 0 Å². The average Bonchev–Trinajstić information content (AvgIpc) is 2.93. The van der Waals surface area contributed by atoms with Crippen molar-refractivity contribution in [1.82, 2.24) is 0 Å².